The van der Waals surface area contributed by atoms with Gasteiger partial charge in [-0.3, -0.25) is 0 Å². The van der Waals surface area contributed by atoms with Gasteiger partial charge < -0.3 is 4.84 Å². The highest BCUT2D eigenvalue weighted by Crippen LogP contribution is 2.27. The topological polar surface area (TPSA) is 21.6 Å². The van der Waals surface area contributed by atoms with Gasteiger partial charge in [0.1, 0.15) is 0 Å². The van der Waals surface area contributed by atoms with Crippen LogP contribution in [-0.4, -0.2) is 11.3 Å². The van der Waals surface area contributed by atoms with Crippen molar-refractivity contribution < 1.29 is 4.84 Å². The minimum absolute atomic E-state index is 0.333. The van der Waals surface area contributed by atoms with E-state index >= 15 is 0 Å². The second-order valence-electron chi connectivity index (χ2n) is 5.58. The van der Waals surface area contributed by atoms with Gasteiger partial charge in [-0.15, -0.1) is 0 Å². The lowest BCUT2D eigenvalue weighted by Gasteiger charge is -2.16. The molecule has 2 heteroatoms. The first-order chi connectivity index (χ1) is 10.3. The number of hydrogen-bond acceptors (Lipinski definition) is 2. The molecular weight excluding hydrogens is 258 g/mol. The lowest BCUT2D eigenvalue weighted by Crippen LogP contribution is -2.21. The van der Waals surface area contributed by atoms with Crippen molar-refractivity contribution in [3.05, 3.63) is 83.9 Å². The van der Waals surface area contributed by atoms with E-state index < -0.39 is 0 Å². The average Bonchev–Trinajstić information content (AvgIpc) is 2.92. The Balaban J connectivity index is 1.63. The van der Waals surface area contributed by atoms with Crippen LogP contribution in [0.25, 0.3) is 0 Å². The molecule has 2 aromatic rings. The summed E-state index contributed by atoms with van der Waals surface area (Å²) in [7, 11) is 0. The number of allylic oxidation sites excluding steroid dienone is 1. The quantitative estimate of drug-likeness (QED) is 0.760. The Bertz CT molecular complexity index is 646. The Morgan fingerprint density at radius 3 is 2.43 bits per heavy atom. The van der Waals surface area contributed by atoms with Crippen LogP contribution in [0.2, 0.25) is 0 Å². The average molecular weight is 277 g/mol. The molecule has 1 aliphatic heterocycles. The van der Waals surface area contributed by atoms with Crippen molar-refractivity contribution in [3.63, 3.8) is 0 Å². The zero-order valence-corrected chi connectivity index (χ0v) is 12.2. The highest BCUT2D eigenvalue weighted by molar-refractivity contribution is 6.01. The zero-order valence-electron chi connectivity index (χ0n) is 12.2. The number of hydrogen-bond donors (Lipinski definition) is 0. The van der Waals surface area contributed by atoms with E-state index in [1.807, 2.05) is 24.3 Å². The number of oxime groups is 1. The molecule has 2 nitrogen and oxygen atoms in total. The van der Waals surface area contributed by atoms with Crippen LogP contribution >= 0.6 is 0 Å². The van der Waals surface area contributed by atoms with Crippen molar-refractivity contribution in [3.8, 4) is 0 Å². The molecule has 1 aliphatic rings. The first-order valence-corrected chi connectivity index (χ1v) is 7.27. The third-order valence-electron chi connectivity index (χ3n) is 3.66. The van der Waals surface area contributed by atoms with Gasteiger partial charge in [-0.05, 0) is 30.5 Å². The fourth-order valence-electron chi connectivity index (χ4n) is 2.49. The predicted molar refractivity (Wildman–Crippen MR) is 86.4 cm³/mol. The van der Waals surface area contributed by atoms with Gasteiger partial charge >= 0.3 is 0 Å². The molecule has 1 unspecified atom stereocenters. The summed E-state index contributed by atoms with van der Waals surface area (Å²) >= 11 is 0. The van der Waals surface area contributed by atoms with Gasteiger partial charge in [-0.1, -0.05) is 71.9 Å². The van der Waals surface area contributed by atoms with Gasteiger partial charge in [0.05, 0.1) is 5.71 Å². The molecule has 0 saturated heterocycles. The van der Waals surface area contributed by atoms with E-state index in [0.29, 0.717) is 0 Å². The van der Waals surface area contributed by atoms with E-state index in [-0.39, 0.29) is 5.60 Å². The van der Waals surface area contributed by atoms with Gasteiger partial charge in [-0.2, -0.15) is 0 Å². The Morgan fingerprint density at radius 1 is 1.05 bits per heavy atom. The van der Waals surface area contributed by atoms with E-state index in [9.17, 15) is 0 Å². The molecule has 21 heavy (non-hydrogen) atoms. The van der Waals surface area contributed by atoms with Gasteiger partial charge in [0.15, 0.2) is 5.60 Å². The lowest BCUT2D eigenvalue weighted by molar-refractivity contribution is 0.0361. The van der Waals surface area contributed by atoms with Crippen LogP contribution in [-0.2, 0) is 11.3 Å². The monoisotopic (exact) mass is 277 g/mol. The van der Waals surface area contributed by atoms with Crippen molar-refractivity contribution in [2.45, 2.75) is 25.4 Å². The van der Waals surface area contributed by atoms with Crippen LogP contribution in [0.4, 0.5) is 0 Å². The first kappa shape index (κ1) is 13.6. The molecule has 0 aromatic heterocycles. The maximum Gasteiger partial charge on any atom is 0.158 e. The van der Waals surface area contributed by atoms with E-state index in [1.165, 1.54) is 5.56 Å². The lowest BCUT2D eigenvalue weighted by atomic mass is 9.95. The SMILES string of the molecule is CC1(/C=C/Cc2ccccc2)CC(c2ccccc2)=NO1. The normalized spacial score (nSPS) is 21.3. The van der Waals surface area contributed by atoms with E-state index in [1.54, 1.807) is 0 Å². The summed E-state index contributed by atoms with van der Waals surface area (Å²) in [6, 6.07) is 20.6. The number of rotatable bonds is 4. The first-order valence-electron chi connectivity index (χ1n) is 7.27. The Morgan fingerprint density at radius 2 is 1.71 bits per heavy atom. The van der Waals surface area contributed by atoms with Gasteiger partial charge in [0.25, 0.3) is 0 Å². The molecule has 0 N–H and O–H groups in total. The van der Waals surface area contributed by atoms with Crippen LogP contribution in [0, 0.1) is 0 Å². The second kappa shape index (κ2) is 5.96. The molecule has 0 radical (unpaired) electrons. The predicted octanol–water partition coefficient (Wildman–Crippen LogP) is 4.37. The zero-order chi connectivity index (χ0) is 14.5. The highest BCUT2D eigenvalue weighted by Gasteiger charge is 2.31. The molecule has 1 atom stereocenters. The van der Waals surface area contributed by atoms with Crippen LogP contribution in [0.1, 0.15) is 24.5 Å². The Labute approximate surface area is 125 Å². The molecule has 0 spiro atoms. The Hall–Kier alpha value is -2.35. The Kier molecular flexibility index (Phi) is 3.87. The van der Waals surface area contributed by atoms with Gasteiger partial charge in [-0.25, -0.2) is 0 Å². The molecule has 106 valence electrons. The molecule has 0 amide bonds. The van der Waals surface area contributed by atoms with Crippen molar-refractivity contribution in [1.82, 2.24) is 0 Å². The maximum absolute atomic E-state index is 5.65. The van der Waals surface area contributed by atoms with Crippen LogP contribution in [0.5, 0.6) is 0 Å². The maximum atomic E-state index is 5.65. The third kappa shape index (κ3) is 3.40. The minimum Gasteiger partial charge on any atom is -0.385 e. The number of nitrogens with zero attached hydrogens (tertiary/aromatic N) is 1. The summed E-state index contributed by atoms with van der Waals surface area (Å²) < 4.78 is 0. The summed E-state index contributed by atoms with van der Waals surface area (Å²) in [6.07, 6.45) is 6.01. The molecule has 0 aliphatic carbocycles. The van der Waals surface area contributed by atoms with Crippen molar-refractivity contribution in [2.24, 2.45) is 5.16 Å². The number of benzene rings is 2. The summed E-state index contributed by atoms with van der Waals surface area (Å²) in [6.45, 7) is 2.08. The molecule has 0 fully saturated rings. The molecular formula is C19H19NO. The van der Waals surface area contributed by atoms with Crippen LogP contribution in [0.3, 0.4) is 0 Å². The highest BCUT2D eigenvalue weighted by atomic mass is 16.7. The summed E-state index contributed by atoms with van der Waals surface area (Å²) in [5.74, 6) is 0. The van der Waals surface area contributed by atoms with Crippen molar-refractivity contribution >= 4 is 5.71 Å². The molecule has 0 saturated carbocycles. The fourth-order valence-corrected chi connectivity index (χ4v) is 2.49. The van der Waals surface area contributed by atoms with Crippen molar-refractivity contribution in [1.29, 1.82) is 0 Å². The second-order valence-corrected chi connectivity index (χ2v) is 5.58. The van der Waals surface area contributed by atoms with Crippen LogP contribution < -0.4 is 0 Å². The van der Waals surface area contributed by atoms with Crippen LogP contribution in [0.15, 0.2) is 78.0 Å². The fraction of sp³-hybridized carbons (Fsp3) is 0.211. The minimum atomic E-state index is -0.333. The largest absolute Gasteiger partial charge is 0.385 e. The standard InChI is InChI=1S/C19H19NO/c1-19(14-8-11-16-9-4-2-5-10-16)15-18(20-21-19)17-12-6-3-7-13-17/h2-10,12-14H,11,15H2,1H3/b14-8+. The van der Waals surface area contributed by atoms with E-state index in [4.69, 9.17) is 4.84 Å². The summed E-state index contributed by atoms with van der Waals surface area (Å²) in [5, 5.41) is 4.25. The molecule has 2 aromatic carbocycles. The van der Waals surface area contributed by atoms with E-state index in [2.05, 4.69) is 60.6 Å². The molecule has 1 heterocycles. The summed E-state index contributed by atoms with van der Waals surface area (Å²) in [4.78, 5) is 5.65. The molecule has 3 rings (SSSR count). The van der Waals surface area contributed by atoms with E-state index in [0.717, 1.165) is 24.1 Å². The van der Waals surface area contributed by atoms with Crippen molar-refractivity contribution in [2.75, 3.05) is 0 Å². The third-order valence-corrected chi connectivity index (χ3v) is 3.66. The smallest absolute Gasteiger partial charge is 0.158 e. The van der Waals surface area contributed by atoms with Gasteiger partial charge in [0, 0.05) is 6.42 Å². The van der Waals surface area contributed by atoms with Gasteiger partial charge in [0.2, 0.25) is 0 Å². The summed E-state index contributed by atoms with van der Waals surface area (Å²) in [5.41, 5.74) is 3.12. The molecule has 0 bridgehead atoms.